The predicted molar refractivity (Wildman–Crippen MR) is 337 cm³/mol. The summed E-state index contributed by atoms with van der Waals surface area (Å²) in [5, 5.41) is 33.0. The van der Waals surface area contributed by atoms with Crippen LogP contribution in [0.5, 0.6) is 0 Å². The molecule has 0 aliphatic carbocycles. The summed E-state index contributed by atoms with van der Waals surface area (Å²) in [4.78, 5) is 62.5. The Balaban J connectivity index is 0.000000198. The van der Waals surface area contributed by atoms with Gasteiger partial charge in [-0.05, 0) is 29.8 Å². The van der Waals surface area contributed by atoms with Crippen LogP contribution in [-0.2, 0) is 26.4 Å². The Labute approximate surface area is 563 Å². The first kappa shape index (κ1) is 73.1. The minimum atomic E-state index is -4.56. The Hall–Kier alpha value is -4.65. The van der Waals surface area contributed by atoms with Crippen LogP contribution in [0.15, 0.2) is 144 Å². The molecule has 7 N–H and O–H groups in total. The molecule has 0 fully saturated rings. The number of alkyl halides is 6. The number of amides is 3. The molecule has 4 aromatic carbocycles. The summed E-state index contributed by atoms with van der Waals surface area (Å²) < 4.78 is 82.4. The molecule has 0 saturated carbocycles. The number of nitrogens with two attached hydrogens (primary N) is 1. The first-order chi connectivity index (χ1) is 40.9. The molecule has 0 saturated heterocycles. The molecule has 3 amide bonds. The molecular weight excluding hydrogens is 1720 g/mol. The van der Waals surface area contributed by atoms with E-state index in [4.69, 9.17) is 73.8 Å². The molecule has 10 rings (SSSR count). The van der Waals surface area contributed by atoms with Gasteiger partial charge in [-0.15, -0.1) is 0 Å². The van der Waals surface area contributed by atoms with E-state index in [1.807, 2.05) is 0 Å². The predicted octanol–water partition coefficient (Wildman–Crippen LogP) is 11.4. The summed E-state index contributed by atoms with van der Waals surface area (Å²) in [5.74, 6) is -0.856. The molecule has 0 unspecified atom stereocenters. The van der Waals surface area contributed by atoms with E-state index in [-0.39, 0.29) is 46.4 Å². The quantitative estimate of drug-likeness (QED) is 0.0447. The van der Waals surface area contributed by atoms with E-state index >= 15 is 0 Å². The van der Waals surface area contributed by atoms with Crippen molar-refractivity contribution in [2.75, 3.05) is 21.7 Å². The molecule has 0 aliphatic heterocycles. The third kappa shape index (κ3) is 23.6. The number of hydrogen-bond donors (Lipinski definition) is 6. The van der Waals surface area contributed by atoms with Crippen molar-refractivity contribution in [3.63, 3.8) is 0 Å². The zero-order valence-electron chi connectivity index (χ0n) is 43.4. The standard InChI is InChI=1S/C15H10ClF3N4OSe.2C10H6BrClN2OSe.C7H4Cl2O.C5H6BF3N2O2.C3H3BrN2Se/c1-23-10(6-12(22-23)15(17,18)19)11-7-20-14(25-11)21-13(24)8-4-2-3-5-9(8)16;2*11-8-5-13-10(16-8)14-9(15)6-3-1-2-4-7(6)12;8-6-4-2-1-3-5(6)7(9)10;1-11-4(6(12)13)2-3(10-11)5(7,8)9;4-2-1-6-3(5)7-2/h2-7H,1H3,(H,20,21,24);2*1-5H,(H,13,14,15);1-4H;2,12-13H,1H3;1H,(H2,5,6). The monoisotopic (exact) mass is 1760 g/mol. The molecule has 0 bridgehead atoms. The van der Waals surface area contributed by atoms with Crippen molar-refractivity contribution in [2.45, 2.75) is 12.4 Å². The zero-order valence-corrected chi connectivity index (χ0v) is 58.8. The molecular formula is C50H35BBr3Cl5F6N12O6Se4. The van der Waals surface area contributed by atoms with Crippen LogP contribution in [0, 0.1) is 0 Å². The maximum atomic E-state index is 12.8. The number of aromatic nitrogens is 8. The normalized spacial score (nSPS) is 10.6. The van der Waals surface area contributed by atoms with Crippen LogP contribution in [0.4, 0.5) is 45.1 Å². The number of nitrogens with zero attached hydrogens (tertiary/aromatic N) is 8. The van der Waals surface area contributed by atoms with Crippen molar-refractivity contribution in [2.24, 2.45) is 14.1 Å². The van der Waals surface area contributed by atoms with Crippen molar-refractivity contribution in [3.8, 4) is 10.1 Å². The number of rotatable bonds is 9. The topological polar surface area (TPSA) is 258 Å². The van der Waals surface area contributed by atoms with Crippen molar-refractivity contribution < 1.29 is 55.6 Å². The number of benzene rings is 4. The van der Waals surface area contributed by atoms with E-state index in [1.165, 1.54) is 20.3 Å². The Bertz CT molecular complexity index is 3860. The Morgan fingerprint density at radius 1 is 0.529 bits per heavy atom. The van der Waals surface area contributed by atoms with E-state index in [9.17, 15) is 45.5 Å². The second kappa shape index (κ2) is 34.5. The Morgan fingerprint density at radius 3 is 1.15 bits per heavy atom. The number of nitrogens with one attached hydrogen (secondary N) is 3. The van der Waals surface area contributed by atoms with Gasteiger partial charge >= 0.3 is 444 Å². The number of carbonyl (C=O) groups is 4. The van der Waals surface area contributed by atoms with E-state index in [2.05, 4.69) is 93.9 Å². The Kier molecular flexibility index (Phi) is 29.0. The van der Waals surface area contributed by atoms with Gasteiger partial charge in [0.1, 0.15) is 0 Å². The fraction of sp³-hybridized carbons (Fsp3) is 0.0800. The van der Waals surface area contributed by atoms with Crippen LogP contribution in [-0.4, -0.2) is 138 Å². The van der Waals surface area contributed by atoms with Gasteiger partial charge in [0.2, 0.25) is 0 Å². The van der Waals surface area contributed by atoms with Gasteiger partial charge in [0.25, 0.3) is 5.24 Å². The first-order valence-electron chi connectivity index (χ1n) is 23.2. The summed E-state index contributed by atoms with van der Waals surface area (Å²) in [7, 11) is 0.680. The molecule has 18 nitrogen and oxygen atoms in total. The van der Waals surface area contributed by atoms with Gasteiger partial charge in [-0.2, -0.15) is 18.3 Å². The molecule has 6 heterocycles. The summed E-state index contributed by atoms with van der Waals surface area (Å²) >= 11 is 38.5. The van der Waals surface area contributed by atoms with Crippen LogP contribution in [0.2, 0.25) is 20.1 Å². The second-order valence-corrected chi connectivity index (χ2v) is 32.8. The van der Waals surface area contributed by atoms with E-state index < -0.39 is 56.5 Å². The molecule has 37 heteroatoms. The third-order valence-electron chi connectivity index (χ3n) is 9.95. The SMILES string of the molecule is Cn1nc(C(F)(F)F)cc1-c1cnc(NC(=O)c2ccccc2Cl)[se]1.Cn1nc(C(F)(F)F)cc1B(O)O.Nc1ncc(Br)[se]1.O=C(Cl)c1ccccc1Cl.O=C(Nc1ncc(Br)[se]1)c1ccccc1Cl.O=C(Nc1ncc(Br)[se]1)c1ccccc1Cl. The molecule has 456 valence electrons. The number of hydrogen-bond acceptors (Lipinski definition) is 13. The molecule has 0 aliphatic rings. The van der Waals surface area contributed by atoms with E-state index in [0.29, 0.717) is 87.1 Å². The Morgan fingerprint density at radius 2 is 0.874 bits per heavy atom. The first-order valence-corrected chi connectivity index (χ1v) is 34.3. The van der Waals surface area contributed by atoms with E-state index in [1.54, 1.807) is 116 Å². The number of halogens is 14. The second-order valence-electron chi connectivity index (χ2n) is 16.0. The number of nitrogen functional groups attached to an aromatic ring is 1. The fourth-order valence-corrected chi connectivity index (χ4v) is 14.9. The molecule has 87 heavy (non-hydrogen) atoms. The maximum absolute atomic E-state index is 12.8. The molecule has 0 atom stereocenters. The van der Waals surface area contributed by atoms with Gasteiger partial charge < -0.3 is 10.0 Å². The van der Waals surface area contributed by atoms with Crippen molar-refractivity contribution in [3.05, 3.63) is 198 Å². The van der Waals surface area contributed by atoms with Crippen LogP contribution in [0.3, 0.4) is 0 Å². The fourth-order valence-electron chi connectivity index (χ4n) is 6.09. The molecule has 0 radical (unpaired) electrons. The summed E-state index contributed by atoms with van der Waals surface area (Å²) in [6.07, 6.45) is -2.49. The molecule has 10 aromatic rings. The average molecular weight is 1760 g/mol. The third-order valence-corrected chi connectivity index (χ3v) is 20.8. The summed E-state index contributed by atoms with van der Waals surface area (Å²) in [5.41, 5.74) is 4.82. The minimum absolute atomic E-state index is 0.0525. The van der Waals surface area contributed by atoms with Gasteiger partial charge in [-0.1, -0.05) is 23.7 Å². The van der Waals surface area contributed by atoms with Gasteiger partial charge in [0.15, 0.2) is 5.69 Å². The van der Waals surface area contributed by atoms with Gasteiger partial charge in [0.05, 0.1) is 16.2 Å². The van der Waals surface area contributed by atoms with Crippen LogP contribution < -0.4 is 27.3 Å². The van der Waals surface area contributed by atoms with Gasteiger partial charge in [-0.3, -0.25) is 9.48 Å². The summed E-state index contributed by atoms with van der Waals surface area (Å²) in [6.45, 7) is 0. The van der Waals surface area contributed by atoms with E-state index in [0.717, 1.165) is 30.2 Å². The zero-order chi connectivity index (χ0) is 64.3. The average Bonchev–Trinajstić information content (AvgIpc) is 2.36. The molecule has 6 aromatic heterocycles. The van der Waals surface area contributed by atoms with Crippen molar-refractivity contribution >= 4 is 218 Å². The number of anilines is 4. The van der Waals surface area contributed by atoms with Gasteiger partial charge in [-0.25, -0.2) is 0 Å². The van der Waals surface area contributed by atoms with Crippen LogP contribution in [0.1, 0.15) is 52.8 Å². The van der Waals surface area contributed by atoms with Gasteiger partial charge in [0, 0.05) is 7.05 Å². The van der Waals surface area contributed by atoms with Crippen molar-refractivity contribution in [1.82, 2.24) is 39.5 Å². The number of aryl methyl sites for hydroxylation is 2. The summed E-state index contributed by atoms with van der Waals surface area (Å²) in [6, 6.07) is 28.6. The van der Waals surface area contributed by atoms with Crippen LogP contribution in [0.25, 0.3) is 10.1 Å². The van der Waals surface area contributed by atoms with Crippen LogP contribution >= 0.6 is 106 Å². The molecule has 0 spiro atoms. The van der Waals surface area contributed by atoms with Crippen molar-refractivity contribution in [1.29, 1.82) is 0 Å². The number of carbonyl (C=O) groups excluding carboxylic acids is 4.